The molecule has 1 aromatic carbocycles. The topological polar surface area (TPSA) is 103 Å². The molecule has 0 atom stereocenters. The van der Waals surface area contributed by atoms with Crippen LogP contribution in [0.1, 0.15) is 5.56 Å². The van der Waals surface area contributed by atoms with E-state index in [4.69, 9.17) is 11.1 Å². The smallest absolute Gasteiger partial charge is 0.144 e. The van der Waals surface area contributed by atoms with Gasteiger partial charge in [0, 0.05) is 33.8 Å². The van der Waals surface area contributed by atoms with Crippen molar-refractivity contribution >= 4 is 50.4 Å². The first-order valence-electron chi connectivity index (χ1n) is 5.83. The van der Waals surface area contributed by atoms with Gasteiger partial charge >= 0.3 is 0 Å². The first-order valence-corrected chi connectivity index (χ1v) is 6.63. The number of anilines is 3. The molecular weight excluding hydrogens is 320 g/mol. The van der Waals surface area contributed by atoms with Crippen molar-refractivity contribution < 1.29 is 0 Å². The SMILES string of the molecule is N=Cc1cc(Nc2ncnc3[nH]cc(Br)c23)ccc1N. The fourth-order valence-corrected chi connectivity index (χ4v) is 2.42. The quantitative estimate of drug-likeness (QED) is 0.437. The van der Waals surface area contributed by atoms with Gasteiger partial charge in [-0.2, -0.15) is 0 Å². The van der Waals surface area contributed by atoms with E-state index >= 15 is 0 Å². The molecule has 0 spiro atoms. The minimum atomic E-state index is 0.571. The lowest BCUT2D eigenvalue weighted by Crippen LogP contribution is -1.98. The third-order valence-electron chi connectivity index (χ3n) is 2.93. The average Bonchev–Trinajstić information content (AvgIpc) is 2.84. The molecule has 2 aromatic heterocycles. The second kappa shape index (κ2) is 4.93. The van der Waals surface area contributed by atoms with Crippen LogP contribution in [-0.4, -0.2) is 21.2 Å². The van der Waals surface area contributed by atoms with Crippen molar-refractivity contribution in [3.05, 3.63) is 40.8 Å². The predicted molar refractivity (Wildman–Crippen MR) is 83.6 cm³/mol. The molecule has 0 aliphatic rings. The monoisotopic (exact) mass is 330 g/mol. The van der Waals surface area contributed by atoms with Crippen LogP contribution in [-0.2, 0) is 0 Å². The van der Waals surface area contributed by atoms with Crippen molar-refractivity contribution in [2.24, 2.45) is 0 Å². The molecule has 0 unspecified atom stereocenters. The fourth-order valence-electron chi connectivity index (χ4n) is 1.93. The summed E-state index contributed by atoms with van der Waals surface area (Å²) in [6.07, 6.45) is 4.53. The van der Waals surface area contributed by atoms with Crippen molar-refractivity contribution in [3.8, 4) is 0 Å². The number of halogens is 1. The number of nitrogens with one attached hydrogen (secondary N) is 3. The van der Waals surface area contributed by atoms with Crippen LogP contribution in [0.4, 0.5) is 17.2 Å². The summed E-state index contributed by atoms with van der Waals surface area (Å²) in [6.45, 7) is 0. The molecule has 0 amide bonds. The maximum Gasteiger partial charge on any atom is 0.144 e. The average molecular weight is 331 g/mol. The lowest BCUT2D eigenvalue weighted by molar-refractivity contribution is 1.20. The largest absolute Gasteiger partial charge is 0.398 e. The van der Waals surface area contributed by atoms with E-state index in [9.17, 15) is 0 Å². The van der Waals surface area contributed by atoms with E-state index in [1.807, 2.05) is 12.3 Å². The summed E-state index contributed by atoms with van der Waals surface area (Å²) in [6, 6.07) is 5.40. The maximum atomic E-state index is 7.33. The maximum absolute atomic E-state index is 7.33. The Balaban J connectivity index is 2.05. The Hall–Kier alpha value is -2.41. The second-order valence-electron chi connectivity index (χ2n) is 4.20. The lowest BCUT2D eigenvalue weighted by Gasteiger charge is -2.08. The zero-order valence-electron chi connectivity index (χ0n) is 10.3. The zero-order valence-corrected chi connectivity index (χ0v) is 11.9. The van der Waals surface area contributed by atoms with E-state index in [1.165, 1.54) is 12.5 Å². The van der Waals surface area contributed by atoms with Crippen molar-refractivity contribution in [2.45, 2.75) is 0 Å². The zero-order chi connectivity index (χ0) is 14.1. The Morgan fingerprint density at radius 2 is 2.20 bits per heavy atom. The normalized spacial score (nSPS) is 10.7. The van der Waals surface area contributed by atoms with E-state index in [1.54, 1.807) is 12.1 Å². The first kappa shape index (κ1) is 12.6. The number of rotatable bonds is 3. The second-order valence-corrected chi connectivity index (χ2v) is 5.05. The van der Waals surface area contributed by atoms with Crippen LogP contribution in [0.5, 0.6) is 0 Å². The molecule has 3 aromatic rings. The van der Waals surface area contributed by atoms with Gasteiger partial charge in [-0.25, -0.2) is 9.97 Å². The number of benzene rings is 1. The van der Waals surface area contributed by atoms with E-state index in [-0.39, 0.29) is 0 Å². The molecule has 0 bridgehead atoms. The number of nitrogens with two attached hydrogens (primary N) is 1. The number of aromatic amines is 1. The van der Waals surface area contributed by atoms with Crippen molar-refractivity contribution in [3.63, 3.8) is 0 Å². The van der Waals surface area contributed by atoms with Gasteiger partial charge in [0.25, 0.3) is 0 Å². The van der Waals surface area contributed by atoms with Crippen LogP contribution in [0.25, 0.3) is 11.0 Å². The molecule has 0 fully saturated rings. The minimum absolute atomic E-state index is 0.571. The number of nitrogens with zero attached hydrogens (tertiary/aromatic N) is 2. The molecule has 5 N–H and O–H groups in total. The van der Waals surface area contributed by atoms with Crippen LogP contribution in [0.3, 0.4) is 0 Å². The summed E-state index contributed by atoms with van der Waals surface area (Å²) in [7, 11) is 0. The van der Waals surface area contributed by atoms with Crippen molar-refractivity contribution in [1.82, 2.24) is 15.0 Å². The Morgan fingerprint density at radius 3 is 3.00 bits per heavy atom. The van der Waals surface area contributed by atoms with E-state index < -0.39 is 0 Å². The van der Waals surface area contributed by atoms with Crippen LogP contribution in [0.2, 0.25) is 0 Å². The standard InChI is InChI=1S/C13H11BrN6/c14-9-5-17-12-11(9)13(19-6-18-12)20-8-1-2-10(16)7(3-8)4-15/h1-6,15H,16H2,(H2,17,18,19,20). The molecule has 0 saturated heterocycles. The number of H-pyrrole nitrogens is 1. The van der Waals surface area contributed by atoms with Gasteiger partial charge in [0.05, 0.1) is 5.39 Å². The lowest BCUT2D eigenvalue weighted by atomic mass is 10.1. The molecule has 0 radical (unpaired) electrons. The molecule has 20 heavy (non-hydrogen) atoms. The summed E-state index contributed by atoms with van der Waals surface area (Å²) < 4.78 is 0.887. The highest BCUT2D eigenvalue weighted by Gasteiger charge is 2.09. The predicted octanol–water partition coefficient (Wildman–Crippen LogP) is 3.04. The van der Waals surface area contributed by atoms with Crippen molar-refractivity contribution in [2.75, 3.05) is 11.1 Å². The van der Waals surface area contributed by atoms with Gasteiger partial charge in [-0.15, -0.1) is 0 Å². The molecule has 2 heterocycles. The van der Waals surface area contributed by atoms with Gasteiger partial charge < -0.3 is 21.4 Å². The molecule has 100 valence electrons. The molecule has 0 saturated carbocycles. The highest BCUT2D eigenvalue weighted by molar-refractivity contribution is 9.10. The Morgan fingerprint density at radius 1 is 1.35 bits per heavy atom. The Kier molecular flexibility index (Phi) is 3.11. The van der Waals surface area contributed by atoms with Crippen LogP contribution >= 0.6 is 15.9 Å². The highest BCUT2D eigenvalue weighted by Crippen LogP contribution is 2.30. The first-order chi connectivity index (χ1) is 9.69. The molecular formula is C13H11BrN6. The summed E-state index contributed by atoms with van der Waals surface area (Å²) in [5.41, 5.74) is 8.56. The van der Waals surface area contributed by atoms with Crippen LogP contribution in [0, 0.1) is 5.41 Å². The van der Waals surface area contributed by atoms with Gasteiger partial charge in [0.1, 0.15) is 17.8 Å². The van der Waals surface area contributed by atoms with Gasteiger partial charge in [-0.3, -0.25) is 0 Å². The third-order valence-corrected chi connectivity index (χ3v) is 3.55. The van der Waals surface area contributed by atoms with Crippen molar-refractivity contribution in [1.29, 1.82) is 5.41 Å². The molecule has 3 rings (SSSR count). The van der Waals surface area contributed by atoms with E-state index in [0.717, 1.165) is 21.2 Å². The number of aromatic nitrogens is 3. The summed E-state index contributed by atoms with van der Waals surface area (Å²) >= 11 is 3.46. The molecule has 0 aliphatic carbocycles. The summed E-state index contributed by atoms with van der Waals surface area (Å²) in [5.74, 6) is 0.684. The molecule has 0 aliphatic heterocycles. The van der Waals surface area contributed by atoms with Crippen LogP contribution < -0.4 is 11.1 Å². The van der Waals surface area contributed by atoms with E-state index in [2.05, 4.69) is 36.2 Å². The Bertz CT molecular complexity index is 795. The van der Waals surface area contributed by atoms with Crippen LogP contribution in [0.15, 0.2) is 35.2 Å². The number of hydrogen-bond donors (Lipinski definition) is 4. The summed E-state index contributed by atoms with van der Waals surface area (Å²) in [4.78, 5) is 11.5. The minimum Gasteiger partial charge on any atom is -0.398 e. The molecule has 6 nitrogen and oxygen atoms in total. The van der Waals surface area contributed by atoms with Gasteiger partial charge in [0.2, 0.25) is 0 Å². The summed E-state index contributed by atoms with van der Waals surface area (Å²) in [5, 5.41) is 11.4. The molecule has 7 heteroatoms. The van der Waals surface area contributed by atoms with Gasteiger partial charge in [-0.1, -0.05) is 0 Å². The van der Waals surface area contributed by atoms with Gasteiger partial charge in [0.15, 0.2) is 0 Å². The number of nitrogen functional groups attached to an aromatic ring is 1. The number of hydrogen-bond acceptors (Lipinski definition) is 5. The number of fused-ring (bicyclic) bond motifs is 1. The third kappa shape index (κ3) is 2.12. The highest BCUT2D eigenvalue weighted by atomic mass is 79.9. The Labute approximate surface area is 123 Å². The van der Waals surface area contributed by atoms with E-state index in [0.29, 0.717) is 17.1 Å². The fraction of sp³-hybridized carbons (Fsp3) is 0. The van der Waals surface area contributed by atoms with Gasteiger partial charge in [-0.05, 0) is 34.1 Å².